The highest BCUT2D eigenvalue weighted by Crippen LogP contribution is 2.15. The predicted octanol–water partition coefficient (Wildman–Crippen LogP) is -0.947. The topological polar surface area (TPSA) is 65.3 Å². The molecule has 15 heavy (non-hydrogen) atoms. The molecule has 2 aliphatic heterocycles. The summed E-state index contributed by atoms with van der Waals surface area (Å²) in [6, 6.07) is 0. The van der Waals surface area contributed by atoms with Gasteiger partial charge in [0.1, 0.15) is 0 Å². The molecule has 0 aromatic heterocycles. The van der Waals surface area contributed by atoms with Crippen molar-refractivity contribution in [2.45, 2.75) is 6.17 Å². The van der Waals surface area contributed by atoms with E-state index in [-0.39, 0.29) is 11.6 Å². The number of carbonyl (C=O) groups excluding carboxylic acids is 2. The summed E-state index contributed by atoms with van der Waals surface area (Å²) in [7, 11) is 3.25. The third-order valence-corrected chi connectivity index (χ3v) is 2.84. The van der Waals surface area contributed by atoms with Crippen molar-refractivity contribution >= 4 is 41.1 Å². The molecule has 0 aromatic carbocycles. The SMILES string of the molecule is CN1C(=O)C2=NC(=O)C=NC2N(C)C1=S. The van der Waals surface area contributed by atoms with Gasteiger partial charge in [-0.1, -0.05) is 0 Å². The molecule has 0 saturated carbocycles. The molecule has 0 aromatic rings. The van der Waals surface area contributed by atoms with Crippen LogP contribution in [0.2, 0.25) is 0 Å². The van der Waals surface area contributed by atoms with E-state index in [1.807, 2.05) is 0 Å². The number of hydrogen-bond donors (Lipinski definition) is 0. The van der Waals surface area contributed by atoms with Gasteiger partial charge in [-0.3, -0.25) is 19.5 Å². The van der Waals surface area contributed by atoms with Crippen LogP contribution in [0.15, 0.2) is 9.98 Å². The second-order valence-corrected chi connectivity index (χ2v) is 3.61. The van der Waals surface area contributed by atoms with Crippen LogP contribution in [-0.4, -0.2) is 58.9 Å². The van der Waals surface area contributed by atoms with Crippen molar-refractivity contribution in [2.24, 2.45) is 9.98 Å². The number of carbonyl (C=O) groups is 2. The van der Waals surface area contributed by atoms with Gasteiger partial charge in [-0.2, -0.15) is 0 Å². The fourth-order valence-corrected chi connectivity index (χ4v) is 1.63. The van der Waals surface area contributed by atoms with Crippen LogP contribution in [0.4, 0.5) is 0 Å². The van der Waals surface area contributed by atoms with Gasteiger partial charge in [0.05, 0.1) is 6.21 Å². The minimum Gasteiger partial charge on any atom is -0.324 e. The number of rotatable bonds is 0. The molecule has 2 aliphatic rings. The molecule has 78 valence electrons. The normalized spacial score (nSPS) is 25.6. The Hall–Kier alpha value is -1.63. The fourth-order valence-electron chi connectivity index (χ4n) is 1.45. The van der Waals surface area contributed by atoms with Gasteiger partial charge >= 0.3 is 0 Å². The standard InChI is InChI=1S/C8H8N4O2S/c1-11-6-5(10-4(13)3-9-6)7(14)12(2)8(11)15/h3,6H,1-2H3. The highest BCUT2D eigenvalue weighted by Gasteiger charge is 2.39. The maximum atomic E-state index is 11.7. The van der Waals surface area contributed by atoms with E-state index in [0.29, 0.717) is 5.11 Å². The Kier molecular flexibility index (Phi) is 2.11. The van der Waals surface area contributed by atoms with Gasteiger partial charge in [-0.05, 0) is 12.2 Å². The lowest BCUT2D eigenvalue weighted by Crippen LogP contribution is -2.60. The lowest BCUT2D eigenvalue weighted by atomic mass is 10.2. The van der Waals surface area contributed by atoms with Gasteiger partial charge in [0.25, 0.3) is 11.8 Å². The smallest absolute Gasteiger partial charge is 0.288 e. The molecular formula is C8H8N4O2S. The van der Waals surface area contributed by atoms with Crippen molar-refractivity contribution in [3.63, 3.8) is 0 Å². The molecule has 7 heteroatoms. The highest BCUT2D eigenvalue weighted by molar-refractivity contribution is 7.80. The third kappa shape index (κ3) is 1.35. The van der Waals surface area contributed by atoms with Crippen molar-refractivity contribution in [1.82, 2.24) is 9.80 Å². The second kappa shape index (κ2) is 3.20. The zero-order chi connectivity index (χ0) is 11.2. The predicted molar refractivity (Wildman–Crippen MR) is 57.9 cm³/mol. The Morgan fingerprint density at radius 3 is 2.73 bits per heavy atom. The van der Waals surface area contributed by atoms with E-state index in [0.717, 1.165) is 6.21 Å². The molecule has 0 radical (unpaired) electrons. The van der Waals surface area contributed by atoms with Gasteiger partial charge in [0.2, 0.25) is 0 Å². The number of aliphatic imine (C=N–C) groups is 2. The van der Waals surface area contributed by atoms with Crippen molar-refractivity contribution in [3.8, 4) is 0 Å². The Morgan fingerprint density at radius 2 is 2.07 bits per heavy atom. The average Bonchev–Trinajstić information content (AvgIpc) is 2.23. The van der Waals surface area contributed by atoms with Gasteiger partial charge in [-0.25, -0.2) is 4.99 Å². The maximum absolute atomic E-state index is 11.7. The van der Waals surface area contributed by atoms with Crippen LogP contribution in [0.3, 0.4) is 0 Å². The third-order valence-electron chi connectivity index (χ3n) is 2.28. The van der Waals surface area contributed by atoms with E-state index >= 15 is 0 Å². The molecule has 1 saturated heterocycles. The first kappa shape index (κ1) is 9.91. The van der Waals surface area contributed by atoms with Gasteiger partial charge < -0.3 is 4.90 Å². The van der Waals surface area contributed by atoms with Crippen LogP contribution in [0.5, 0.6) is 0 Å². The minimum atomic E-state index is -0.557. The Morgan fingerprint density at radius 1 is 1.40 bits per heavy atom. The molecule has 6 nitrogen and oxygen atoms in total. The zero-order valence-corrected chi connectivity index (χ0v) is 8.98. The first-order valence-electron chi connectivity index (χ1n) is 4.23. The van der Waals surface area contributed by atoms with E-state index in [4.69, 9.17) is 12.2 Å². The monoisotopic (exact) mass is 224 g/mol. The summed E-state index contributed by atoms with van der Waals surface area (Å²) in [6.07, 6.45) is 0.546. The summed E-state index contributed by atoms with van der Waals surface area (Å²) >= 11 is 5.04. The van der Waals surface area contributed by atoms with Crippen molar-refractivity contribution < 1.29 is 9.59 Å². The Labute approximate surface area is 91.3 Å². The molecule has 0 N–H and O–H groups in total. The van der Waals surface area contributed by atoms with E-state index in [2.05, 4.69) is 9.98 Å². The van der Waals surface area contributed by atoms with Gasteiger partial charge in [-0.15, -0.1) is 0 Å². The molecule has 2 rings (SSSR count). The summed E-state index contributed by atoms with van der Waals surface area (Å²) in [5.74, 6) is -0.877. The maximum Gasteiger partial charge on any atom is 0.288 e. The summed E-state index contributed by atoms with van der Waals surface area (Å²) in [5.41, 5.74) is 0.126. The molecule has 2 amide bonds. The van der Waals surface area contributed by atoms with Crippen molar-refractivity contribution in [2.75, 3.05) is 14.1 Å². The molecule has 0 aliphatic carbocycles. The lowest BCUT2D eigenvalue weighted by Gasteiger charge is -2.37. The molecule has 1 atom stereocenters. The van der Waals surface area contributed by atoms with Gasteiger partial charge in [0.15, 0.2) is 17.0 Å². The zero-order valence-electron chi connectivity index (χ0n) is 8.17. The van der Waals surface area contributed by atoms with Crippen LogP contribution in [0, 0.1) is 0 Å². The van der Waals surface area contributed by atoms with Crippen LogP contribution in [0.1, 0.15) is 0 Å². The summed E-state index contributed by atoms with van der Waals surface area (Å²) in [6.45, 7) is 0. The van der Waals surface area contributed by atoms with Crippen LogP contribution < -0.4 is 0 Å². The largest absolute Gasteiger partial charge is 0.324 e. The first-order chi connectivity index (χ1) is 7.02. The minimum absolute atomic E-state index is 0.126. The van der Waals surface area contributed by atoms with Gasteiger partial charge in [0, 0.05) is 14.1 Å². The highest BCUT2D eigenvalue weighted by atomic mass is 32.1. The van der Waals surface area contributed by atoms with E-state index < -0.39 is 12.1 Å². The molecule has 1 fully saturated rings. The number of fused-ring (bicyclic) bond motifs is 1. The second-order valence-electron chi connectivity index (χ2n) is 3.24. The summed E-state index contributed by atoms with van der Waals surface area (Å²) in [5, 5.41) is 0.371. The van der Waals surface area contributed by atoms with Crippen LogP contribution >= 0.6 is 12.2 Å². The van der Waals surface area contributed by atoms with E-state index in [9.17, 15) is 9.59 Å². The number of amides is 2. The molecule has 0 bridgehead atoms. The molecule has 2 heterocycles. The Bertz CT molecular complexity index is 428. The first-order valence-corrected chi connectivity index (χ1v) is 4.64. The lowest BCUT2D eigenvalue weighted by molar-refractivity contribution is -0.121. The molecule has 0 spiro atoms. The summed E-state index contributed by atoms with van der Waals surface area (Å²) in [4.78, 5) is 33.2. The van der Waals surface area contributed by atoms with E-state index in [1.165, 1.54) is 4.90 Å². The quantitative estimate of drug-likeness (QED) is 0.498. The number of thiocarbonyl (C=S) groups is 1. The number of nitrogens with zero attached hydrogens (tertiary/aromatic N) is 4. The fraction of sp³-hybridized carbons (Fsp3) is 0.375. The van der Waals surface area contributed by atoms with Crippen LogP contribution in [-0.2, 0) is 9.59 Å². The Balaban J connectivity index is 2.46. The van der Waals surface area contributed by atoms with Crippen molar-refractivity contribution in [3.05, 3.63) is 0 Å². The number of hydrogen-bond acceptors (Lipinski definition) is 4. The van der Waals surface area contributed by atoms with E-state index in [1.54, 1.807) is 19.0 Å². The van der Waals surface area contributed by atoms with Crippen LogP contribution in [0.25, 0.3) is 0 Å². The average molecular weight is 224 g/mol. The molecule has 1 unspecified atom stereocenters. The van der Waals surface area contributed by atoms with Crippen molar-refractivity contribution in [1.29, 1.82) is 0 Å². The molecular weight excluding hydrogens is 216 g/mol. The summed E-state index contributed by atoms with van der Waals surface area (Å²) < 4.78 is 0.